The zero-order valence-corrected chi connectivity index (χ0v) is 49.3. The number of hydrogen-bond acceptors (Lipinski definition) is 13. The number of hydrogen-bond donors (Lipinski definition) is 4. The number of benzene rings is 4. The van der Waals surface area contributed by atoms with Crippen molar-refractivity contribution in [2.45, 2.75) is 165 Å². The number of nitrogens with two attached hydrogens (primary N) is 1. The number of nitrogens with zero attached hydrogens (tertiary/aromatic N) is 2. The number of carbonyl (C=O) groups is 3. The molecule has 0 spiro atoms. The molecule has 3 aliphatic heterocycles. The number of halogens is 5. The normalized spacial score (nSPS) is 20.5. The fourth-order valence-electron chi connectivity index (χ4n) is 10.4. The van der Waals surface area contributed by atoms with Gasteiger partial charge in [0.2, 0.25) is 11.8 Å². The van der Waals surface area contributed by atoms with E-state index in [-0.39, 0.29) is 63.2 Å². The van der Waals surface area contributed by atoms with Gasteiger partial charge in [0.15, 0.2) is 23.0 Å². The van der Waals surface area contributed by atoms with Crippen LogP contribution in [0.5, 0.6) is 23.0 Å². The summed E-state index contributed by atoms with van der Waals surface area (Å²) in [4.78, 5) is 47.0. The van der Waals surface area contributed by atoms with Crippen LogP contribution < -0.4 is 46.1 Å². The van der Waals surface area contributed by atoms with E-state index in [2.05, 4.69) is 52.0 Å². The van der Waals surface area contributed by atoms with E-state index < -0.39 is 36.1 Å². The number of pyridine rings is 2. The highest BCUT2D eigenvalue weighted by molar-refractivity contribution is 6.62. The van der Waals surface area contributed by atoms with Crippen LogP contribution in [0.2, 0.25) is 5.15 Å². The van der Waals surface area contributed by atoms with Crippen molar-refractivity contribution >= 4 is 53.7 Å². The van der Waals surface area contributed by atoms with E-state index in [0.29, 0.717) is 53.6 Å². The van der Waals surface area contributed by atoms with Crippen molar-refractivity contribution in [3.8, 4) is 34.3 Å². The summed E-state index contributed by atoms with van der Waals surface area (Å²) in [6, 6.07) is 32.2. The minimum atomic E-state index is -3.69. The van der Waals surface area contributed by atoms with E-state index in [1.165, 1.54) is 24.3 Å². The summed E-state index contributed by atoms with van der Waals surface area (Å²) in [5, 5.41) is 9.03. The van der Waals surface area contributed by atoms with Gasteiger partial charge in [0.05, 0.1) is 33.3 Å². The van der Waals surface area contributed by atoms with E-state index in [1.807, 2.05) is 105 Å². The molecule has 85 heavy (non-hydrogen) atoms. The maximum absolute atomic E-state index is 13.4. The van der Waals surface area contributed by atoms with Crippen molar-refractivity contribution in [2.75, 3.05) is 10.6 Å². The number of fused-ring (bicyclic) bond motifs is 2. The second-order valence-electron chi connectivity index (χ2n) is 25.1. The van der Waals surface area contributed by atoms with Gasteiger partial charge in [-0.2, -0.15) is 0 Å². The van der Waals surface area contributed by atoms with Gasteiger partial charge in [-0.05, 0) is 195 Å². The van der Waals surface area contributed by atoms with Crippen LogP contribution in [0.15, 0.2) is 109 Å². The van der Waals surface area contributed by atoms with Gasteiger partial charge in [0, 0.05) is 11.1 Å². The van der Waals surface area contributed by atoms with Crippen molar-refractivity contribution in [2.24, 2.45) is 5.73 Å². The fraction of sp³-hybridized carbons (Fsp3) is 0.413. The number of carbonyl (C=O) groups excluding carboxylic acids is 3. The molecule has 4 aromatic carbocycles. The van der Waals surface area contributed by atoms with E-state index >= 15 is 0 Å². The number of nitrogens with one attached hydrogen (secondary N) is 3. The maximum Gasteiger partial charge on any atom is 0.586 e. The lowest BCUT2D eigenvalue weighted by Crippen LogP contribution is -2.41. The van der Waals surface area contributed by atoms with Crippen LogP contribution in [0, 0.1) is 13.8 Å². The number of aromatic nitrogens is 2. The predicted molar refractivity (Wildman–Crippen MR) is 310 cm³/mol. The summed E-state index contributed by atoms with van der Waals surface area (Å²) in [6.07, 6.45) is -1.58. The lowest BCUT2D eigenvalue weighted by molar-refractivity contribution is -0.287. The largest absolute Gasteiger partial charge is 0.586 e. The molecular weight excluding hydrogens is 1120 g/mol. The molecule has 2 aromatic heterocycles. The summed E-state index contributed by atoms with van der Waals surface area (Å²) in [5.41, 5.74) is 10.8. The highest BCUT2D eigenvalue weighted by Crippen LogP contribution is 2.54. The average Bonchev–Trinajstić information content (AvgIpc) is 1.73. The SMILES string of the molecule is CC(C)(C)OC(=O)NC1(c2cccc(B3OC(C)(C)C(C)(C)O3)c2)CC1.Cc1ccc(NC(=O)C2(c3ccc4c(c3)OC(F)(F)O4)CC2)nc1-c1cccc(C2(N)CC2)c1.Cc1ccc(NC(=O)C2(c3ccc4c(c3)OC(F)(F)O4)CC2)nc1Cl. The molecule has 0 radical (unpaired) electrons. The lowest BCUT2D eigenvalue weighted by atomic mass is 9.77. The molecule has 5 fully saturated rings. The second-order valence-corrected chi connectivity index (χ2v) is 25.4. The molecule has 446 valence electrons. The molecule has 7 aliphatic rings. The Bertz CT molecular complexity index is 3640. The summed E-state index contributed by atoms with van der Waals surface area (Å²) in [6.45, 7) is 17.6. The molecule has 4 aliphatic carbocycles. The van der Waals surface area contributed by atoms with Crippen LogP contribution in [0.25, 0.3) is 11.3 Å². The Hall–Kier alpha value is -7.46. The Morgan fingerprint density at radius 2 is 1.08 bits per heavy atom. The third-order valence-electron chi connectivity index (χ3n) is 16.8. The van der Waals surface area contributed by atoms with Crippen LogP contribution >= 0.6 is 11.6 Å². The van der Waals surface area contributed by atoms with Gasteiger partial charge in [-0.25, -0.2) is 14.8 Å². The van der Waals surface area contributed by atoms with Crippen LogP contribution in [0.3, 0.4) is 0 Å². The molecule has 5 N–H and O–H groups in total. The molecule has 1 saturated heterocycles. The first-order valence-corrected chi connectivity index (χ1v) is 28.6. The molecule has 16 nitrogen and oxygen atoms in total. The first-order chi connectivity index (χ1) is 39.8. The van der Waals surface area contributed by atoms with Gasteiger partial charge in [0.1, 0.15) is 22.4 Å². The van der Waals surface area contributed by atoms with Crippen molar-refractivity contribution in [1.29, 1.82) is 0 Å². The van der Waals surface area contributed by atoms with Gasteiger partial charge >= 0.3 is 25.8 Å². The van der Waals surface area contributed by atoms with Gasteiger partial charge in [0.25, 0.3) is 0 Å². The third-order valence-corrected chi connectivity index (χ3v) is 17.2. The standard InChI is InChI=1S/C26H23F2N3O3.C20H30BNO4.C17H13ClF2N2O3/c1-15-5-8-21(30-22(15)16-3-2-4-18(13-16)25(29)11-12-25)31-23(32)24(9-10-24)17-6-7-19-20(14-17)34-26(27,28)33-19;1-17(2,3)24-16(23)22-20(11-12-20)14-9-8-10-15(13-14)21-25-18(4,5)19(6,7)26-21;1-9-2-5-13(21-14(9)18)22-15(23)16(6-7-16)10-3-4-11-12(8-10)25-17(19,20)24-11/h2-8,13-14H,9-12,29H2,1H3,(H,30,31,32);8-10,13H,11-12H2,1-7H3,(H,22,23);2-5,8H,6-7H2,1H3,(H,21,22,23). The van der Waals surface area contributed by atoms with Gasteiger partial charge in [-0.3, -0.25) is 9.59 Å². The molecule has 0 unspecified atom stereocenters. The van der Waals surface area contributed by atoms with Crippen LogP contribution in [-0.2, 0) is 45.5 Å². The van der Waals surface area contributed by atoms with Crippen LogP contribution in [-0.4, -0.2) is 64.4 Å². The smallest absolute Gasteiger partial charge is 0.444 e. The number of rotatable bonds is 11. The molecule has 0 bridgehead atoms. The molecular formula is C63H66BClF4N6O10. The minimum Gasteiger partial charge on any atom is -0.444 e. The molecule has 13 rings (SSSR count). The molecule has 3 amide bonds. The number of alkyl carbamates (subject to hydrolysis) is 1. The molecule has 0 atom stereocenters. The highest BCUT2D eigenvalue weighted by Gasteiger charge is 2.56. The van der Waals surface area contributed by atoms with E-state index in [1.54, 1.807) is 30.3 Å². The van der Waals surface area contributed by atoms with E-state index in [4.69, 9.17) is 36.4 Å². The number of aryl methyl sites for hydroxylation is 2. The van der Waals surface area contributed by atoms with Crippen molar-refractivity contribution in [1.82, 2.24) is 15.3 Å². The zero-order valence-electron chi connectivity index (χ0n) is 48.6. The molecule has 6 aromatic rings. The molecule has 4 saturated carbocycles. The lowest BCUT2D eigenvalue weighted by Gasteiger charge is -2.32. The van der Waals surface area contributed by atoms with Gasteiger partial charge < -0.3 is 54.7 Å². The highest BCUT2D eigenvalue weighted by atomic mass is 35.5. The number of ether oxygens (including phenoxy) is 5. The second kappa shape index (κ2) is 20.9. The molecule has 22 heteroatoms. The maximum atomic E-state index is 13.4. The number of alkyl halides is 4. The first kappa shape index (κ1) is 59.3. The Morgan fingerprint density at radius 1 is 0.588 bits per heavy atom. The topological polar surface area (TPSA) is 204 Å². The van der Waals surface area contributed by atoms with Crippen molar-refractivity contribution < 1.29 is 64.9 Å². The van der Waals surface area contributed by atoms with E-state index in [0.717, 1.165) is 64.7 Å². The summed E-state index contributed by atoms with van der Waals surface area (Å²) < 4.78 is 88.7. The first-order valence-electron chi connectivity index (χ1n) is 28.2. The van der Waals surface area contributed by atoms with Crippen LogP contribution in [0.4, 0.5) is 34.0 Å². The summed E-state index contributed by atoms with van der Waals surface area (Å²) in [5.74, 6) is 0.0734. The van der Waals surface area contributed by atoms with Crippen molar-refractivity contribution in [3.05, 3.63) is 148 Å². The summed E-state index contributed by atoms with van der Waals surface area (Å²) >= 11 is 5.97. The average molecular weight is 1190 g/mol. The Kier molecular flexibility index (Phi) is 14.6. The van der Waals surface area contributed by atoms with Crippen molar-refractivity contribution in [3.63, 3.8) is 0 Å². The molecule has 5 heterocycles. The Labute approximate surface area is 495 Å². The van der Waals surface area contributed by atoms with Crippen LogP contribution in [0.1, 0.15) is 133 Å². The monoisotopic (exact) mass is 1190 g/mol. The minimum absolute atomic E-state index is 0.0394. The fourth-order valence-corrected chi connectivity index (χ4v) is 10.6. The van der Waals surface area contributed by atoms with Gasteiger partial charge in [-0.15, -0.1) is 17.6 Å². The quantitative estimate of drug-likeness (QED) is 0.0542. The Morgan fingerprint density at radius 3 is 1.58 bits per heavy atom. The number of amides is 3. The summed E-state index contributed by atoms with van der Waals surface area (Å²) in [7, 11) is -0.405. The third kappa shape index (κ3) is 12.4. The predicted octanol–water partition coefficient (Wildman–Crippen LogP) is 12.5. The zero-order chi connectivity index (χ0) is 60.9. The van der Waals surface area contributed by atoms with Gasteiger partial charge in [-0.1, -0.05) is 78.3 Å². The Balaban J connectivity index is 0.000000135. The number of anilines is 2. The van der Waals surface area contributed by atoms with E-state index in [9.17, 15) is 31.9 Å².